The molecule has 0 amide bonds. The molecule has 1 aliphatic carbocycles. The molecule has 76 valence electrons. The summed E-state index contributed by atoms with van der Waals surface area (Å²) in [6, 6.07) is 0. The first-order valence-electron chi connectivity index (χ1n) is 5.29. The number of aliphatic hydroxyl groups excluding tert-OH is 1. The van der Waals surface area contributed by atoms with Gasteiger partial charge in [0.1, 0.15) is 6.33 Å². The Morgan fingerprint density at radius 2 is 2.43 bits per heavy atom. The zero-order valence-corrected chi connectivity index (χ0v) is 8.48. The highest BCUT2D eigenvalue weighted by molar-refractivity contribution is 5.22. The van der Waals surface area contributed by atoms with Crippen LogP contribution < -0.4 is 0 Å². The number of aromatic nitrogens is 2. The molecule has 2 rings (SSSR count). The van der Waals surface area contributed by atoms with E-state index in [1.165, 1.54) is 0 Å². The maximum Gasteiger partial charge on any atom is 0.115 e. The molecule has 3 nitrogen and oxygen atoms in total. The van der Waals surface area contributed by atoms with Crippen LogP contribution in [0.5, 0.6) is 0 Å². The van der Waals surface area contributed by atoms with Gasteiger partial charge in [-0.15, -0.1) is 0 Å². The molecule has 2 atom stereocenters. The van der Waals surface area contributed by atoms with Crippen molar-refractivity contribution in [3.63, 3.8) is 0 Å². The number of aliphatic hydroxyl groups is 1. The van der Waals surface area contributed by atoms with Gasteiger partial charge in [0.25, 0.3) is 0 Å². The molecule has 0 fully saturated rings. The number of nitrogens with zero attached hydrogens (tertiary/aromatic N) is 2. The molecule has 1 N–H and O–H groups in total. The summed E-state index contributed by atoms with van der Waals surface area (Å²) in [5, 5.41) is 10.1. The Balaban J connectivity index is 2.22. The minimum absolute atomic E-state index is 0.347. The average Bonchev–Trinajstić information content (AvgIpc) is 2.23. The van der Waals surface area contributed by atoms with Gasteiger partial charge in [0, 0.05) is 17.5 Å². The van der Waals surface area contributed by atoms with Crippen LogP contribution in [-0.2, 0) is 6.42 Å². The van der Waals surface area contributed by atoms with Gasteiger partial charge in [0.05, 0.1) is 6.10 Å². The lowest BCUT2D eigenvalue weighted by Gasteiger charge is -2.28. The Morgan fingerprint density at radius 1 is 1.57 bits per heavy atom. The van der Waals surface area contributed by atoms with Crippen LogP contribution in [0.3, 0.4) is 0 Å². The molecule has 2 unspecified atom stereocenters. The second-order valence-corrected chi connectivity index (χ2v) is 3.96. The average molecular weight is 192 g/mol. The number of hydrogen-bond donors (Lipinski definition) is 1. The molecule has 14 heavy (non-hydrogen) atoms. The summed E-state index contributed by atoms with van der Waals surface area (Å²) in [7, 11) is 0. The van der Waals surface area contributed by atoms with E-state index in [-0.39, 0.29) is 6.10 Å². The van der Waals surface area contributed by atoms with Gasteiger partial charge < -0.3 is 5.11 Å². The predicted molar refractivity (Wildman–Crippen MR) is 53.7 cm³/mol. The van der Waals surface area contributed by atoms with Crippen LogP contribution in [0.25, 0.3) is 0 Å². The molecule has 0 radical (unpaired) electrons. The van der Waals surface area contributed by atoms with Crippen LogP contribution in [-0.4, -0.2) is 15.1 Å². The van der Waals surface area contributed by atoms with E-state index in [4.69, 9.17) is 0 Å². The van der Waals surface area contributed by atoms with Crippen LogP contribution in [0.1, 0.15) is 43.5 Å². The molecule has 1 aromatic heterocycles. The molecule has 3 heteroatoms. The van der Waals surface area contributed by atoms with Gasteiger partial charge in [-0.2, -0.15) is 0 Å². The Hall–Kier alpha value is -0.960. The third-order valence-corrected chi connectivity index (χ3v) is 3.00. The third kappa shape index (κ3) is 1.64. The van der Waals surface area contributed by atoms with E-state index in [0.29, 0.717) is 5.92 Å². The summed E-state index contributed by atoms with van der Waals surface area (Å²) >= 11 is 0. The normalized spacial score (nSPS) is 25.9. The van der Waals surface area contributed by atoms with Crippen molar-refractivity contribution in [2.45, 2.75) is 38.7 Å². The first kappa shape index (κ1) is 9.59. The van der Waals surface area contributed by atoms with Gasteiger partial charge in [-0.25, -0.2) is 9.97 Å². The van der Waals surface area contributed by atoms with Gasteiger partial charge in [0.15, 0.2) is 0 Å². The summed E-state index contributed by atoms with van der Waals surface area (Å²) < 4.78 is 0. The van der Waals surface area contributed by atoms with Crippen LogP contribution in [0.4, 0.5) is 0 Å². The van der Waals surface area contributed by atoms with Crippen LogP contribution >= 0.6 is 0 Å². The smallest absolute Gasteiger partial charge is 0.115 e. The molecule has 0 aliphatic heterocycles. The molecule has 0 saturated heterocycles. The molecule has 1 aliphatic rings. The lowest BCUT2D eigenvalue weighted by atomic mass is 9.82. The van der Waals surface area contributed by atoms with Crippen molar-refractivity contribution >= 4 is 0 Å². The monoisotopic (exact) mass is 192 g/mol. The van der Waals surface area contributed by atoms with Gasteiger partial charge in [0.2, 0.25) is 0 Å². The summed E-state index contributed by atoms with van der Waals surface area (Å²) in [5.41, 5.74) is 1.97. The lowest BCUT2D eigenvalue weighted by molar-refractivity contribution is 0.0866. The van der Waals surface area contributed by atoms with Gasteiger partial charge in [-0.1, -0.05) is 13.3 Å². The van der Waals surface area contributed by atoms with Crippen LogP contribution in [0.15, 0.2) is 12.5 Å². The van der Waals surface area contributed by atoms with Crippen molar-refractivity contribution in [2.75, 3.05) is 0 Å². The highest BCUT2D eigenvalue weighted by Crippen LogP contribution is 2.35. The van der Waals surface area contributed by atoms with E-state index in [0.717, 1.165) is 36.9 Å². The molecular weight excluding hydrogens is 176 g/mol. The van der Waals surface area contributed by atoms with Crippen molar-refractivity contribution in [1.29, 1.82) is 0 Å². The minimum atomic E-state index is -0.347. The fourth-order valence-corrected chi connectivity index (χ4v) is 2.23. The number of aryl methyl sites for hydroxylation is 1. The topological polar surface area (TPSA) is 46.0 Å². The molecule has 0 aromatic carbocycles. The largest absolute Gasteiger partial charge is 0.388 e. The third-order valence-electron chi connectivity index (χ3n) is 3.00. The molecule has 0 bridgehead atoms. The van der Waals surface area contributed by atoms with E-state index < -0.39 is 0 Å². The molecular formula is C11H16N2O. The van der Waals surface area contributed by atoms with Gasteiger partial charge in [-0.3, -0.25) is 0 Å². The molecule has 0 spiro atoms. The maximum atomic E-state index is 10.1. The van der Waals surface area contributed by atoms with Crippen LogP contribution in [0, 0.1) is 5.92 Å². The van der Waals surface area contributed by atoms with E-state index >= 15 is 0 Å². The number of rotatable bonds is 2. The lowest BCUT2D eigenvalue weighted by Crippen LogP contribution is -2.21. The second-order valence-electron chi connectivity index (χ2n) is 3.96. The quantitative estimate of drug-likeness (QED) is 0.778. The van der Waals surface area contributed by atoms with Crippen molar-refractivity contribution in [1.82, 2.24) is 9.97 Å². The highest BCUT2D eigenvalue weighted by Gasteiger charge is 2.27. The zero-order valence-electron chi connectivity index (χ0n) is 8.48. The summed E-state index contributed by atoms with van der Waals surface area (Å²) in [5.74, 6) is 0.401. The minimum Gasteiger partial charge on any atom is -0.388 e. The predicted octanol–water partition coefficient (Wildman–Crippen LogP) is 1.87. The Morgan fingerprint density at radius 3 is 3.21 bits per heavy atom. The first-order valence-corrected chi connectivity index (χ1v) is 5.29. The number of hydrogen-bond acceptors (Lipinski definition) is 3. The summed E-state index contributed by atoms with van der Waals surface area (Å²) in [6.45, 7) is 2.16. The van der Waals surface area contributed by atoms with Crippen LogP contribution in [0.2, 0.25) is 0 Å². The van der Waals surface area contributed by atoms with Crippen molar-refractivity contribution in [3.05, 3.63) is 23.8 Å². The summed E-state index contributed by atoms with van der Waals surface area (Å²) in [4.78, 5) is 8.17. The number of fused-ring (bicyclic) bond motifs is 1. The fraction of sp³-hybridized carbons (Fsp3) is 0.636. The van der Waals surface area contributed by atoms with Gasteiger partial charge >= 0.3 is 0 Å². The van der Waals surface area contributed by atoms with Crippen molar-refractivity contribution < 1.29 is 5.11 Å². The zero-order chi connectivity index (χ0) is 9.97. The van der Waals surface area contributed by atoms with E-state index in [9.17, 15) is 5.11 Å². The molecule has 1 aromatic rings. The SMILES string of the molecule is CCCC1CCc2ncncc2C1O. The van der Waals surface area contributed by atoms with E-state index in [2.05, 4.69) is 16.9 Å². The maximum absolute atomic E-state index is 10.1. The Bertz CT molecular complexity index is 314. The Labute approximate surface area is 84.2 Å². The fourth-order valence-electron chi connectivity index (χ4n) is 2.23. The summed E-state index contributed by atoms with van der Waals surface area (Å²) in [6.07, 6.45) is 7.24. The molecule has 1 heterocycles. The second kappa shape index (κ2) is 4.05. The van der Waals surface area contributed by atoms with E-state index in [1.807, 2.05) is 0 Å². The Kier molecular flexibility index (Phi) is 2.77. The van der Waals surface area contributed by atoms with E-state index in [1.54, 1.807) is 12.5 Å². The standard InChI is InChI=1S/C11H16N2O/c1-2-3-8-4-5-10-9(11(8)14)6-12-7-13-10/h6-8,11,14H,2-5H2,1H3. The van der Waals surface area contributed by atoms with Gasteiger partial charge in [-0.05, 0) is 25.2 Å². The van der Waals surface area contributed by atoms with Crippen molar-refractivity contribution in [3.8, 4) is 0 Å². The highest BCUT2D eigenvalue weighted by atomic mass is 16.3. The van der Waals surface area contributed by atoms with Crippen molar-refractivity contribution in [2.24, 2.45) is 5.92 Å². The first-order chi connectivity index (χ1) is 6.83. The molecule has 0 saturated carbocycles.